The zero-order valence-electron chi connectivity index (χ0n) is 12.1. The molecule has 0 heterocycles. The maximum absolute atomic E-state index is 12.0. The Morgan fingerprint density at radius 2 is 2.11 bits per heavy atom. The van der Waals surface area contributed by atoms with E-state index in [1.54, 1.807) is 33.8 Å². The molecule has 0 bridgehead atoms. The monoisotopic (exact) mass is 269 g/mol. The molecule has 1 aliphatic carbocycles. The number of hydrogen-bond acceptors (Lipinski definition) is 4. The van der Waals surface area contributed by atoms with Crippen molar-refractivity contribution in [3.63, 3.8) is 0 Å². The van der Waals surface area contributed by atoms with Gasteiger partial charge in [0.1, 0.15) is 11.1 Å². The second-order valence-corrected chi connectivity index (χ2v) is 5.74. The number of hydrogen-bond donors (Lipinski definition) is 1. The Labute approximate surface area is 114 Å². The minimum Gasteiger partial charge on any atom is -0.464 e. The number of nitrogens with one attached hydrogen (secondary N) is 1. The second-order valence-electron chi connectivity index (χ2n) is 5.74. The molecule has 0 aliphatic heterocycles. The predicted octanol–water partition coefficient (Wildman–Crippen LogP) is 2.41. The highest BCUT2D eigenvalue weighted by molar-refractivity contribution is 5.89. The molecule has 2 atom stereocenters. The van der Waals surface area contributed by atoms with Crippen LogP contribution in [-0.4, -0.2) is 29.8 Å². The first-order valence-corrected chi connectivity index (χ1v) is 6.54. The van der Waals surface area contributed by atoms with Gasteiger partial charge in [-0.05, 0) is 46.5 Å². The summed E-state index contributed by atoms with van der Waals surface area (Å²) >= 11 is 0. The number of carbonyl (C=O) groups excluding carboxylic acids is 2. The molecule has 0 aromatic heterocycles. The van der Waals surface area contributed by atoms with Crippen LogP contribution in [0.1, 0.15) is 40.5 Å². The molecule has 0 radical (unpaired) electrons. The van der Waals surface area contributed by atoms with Gasteiger partial charge >= 0.3 is 12.1 Å². The van der Waals surface area contributed by atoms with E-state index in [4.69, 9.17) is 9.47 Å². The van der Waals surface area contributed by atoms with E-state index in [2.05, 4.69) is 11.9 Å². The van der Waals surface area contributed by atoms with E-state index in [0.29, 0.717) is 12.8 Å². The van der Waals surface area contributed by atoms with Crippen molar-refractivity contribution in [3.05, 3.63) is 12.7 Å². The van der Waals surface area contributed by atoms with Crippen molar-refractivity contribution in [1.82, 2.24) is 5.32 Å². The number of amides is 1. The molecule has 108 valence electrons. The van der Waals surface area contributed by atoms with E-state index < -0.39 is 23.2 Å². The molecule has 19 heavy (non-hydrogen) atoms. The quantitative estimate of drug-likeness (QED) is 0.615. The summed E-state index contributed by atoms with van der Waals surface area (Å²) in [5.41, 5.74) is -1.53. The highest BCUT2D eigenvalue weighted by Gasteiger charge is 2.62. The van der Waals surface area contributed by atoms with Crippen molar-refractivity contribution in [3.8, 4) is 0 Å². The fourth-order valence-corrected chi connectivity index (χ4v) is 2.02. The van der Waals surface area contributed by atoms with Crippen LogP contribution in [0.4, 0.5) is 4.79 Å². The van der Waals surface area contributed by atoms with Gasteiger partial charge in [-0.2, -0.15) is 0 Å². The van der Waals surface area contributed by atoms with Gasteiger partial charge in [0, 0.05) is 0 Å². The molecule has 1 aliphatic rings. The summed E-state index contributed by atoms with van der Waals surface area (Å²) < 4.78 is 10.2. The lowest BCUT2D eigenvalue weighted by atomic mass is 10.1. The van der Waals surface area contributed by atoms with Crippen molar-refractivity contribution in [2.45, 2.75) is 51.7 Å². The molecule has 1 fully saturated rings. The Kier molecular flexibility index (Phi) is 4.61. The molecule has 1 N–H and O–H groups in total. The molecular formula is C14H23NO4. The van der Waals surface area contributed by atoms with Gasteiger partial charge in [-0.15, -0.1) is 6.58 Å². The van der Waals surface area contributed by atoms with E-state index >= 15 is 0 Å². The fraction of sp³-hybridized carbons (Fsp3) is 0.714. The van der Waals surface area contributed by atoms with Crippen LogP contribution in [0.15, 0.2) is 12.7 Å². The Morgan fingerprint density at radius 1 is 1.47 bits per heavy atom. The van der Waals surface area contributed by atoms with Gasteiger partial charge in [0.2, 0.25) is 0 Å². The first-order valence-electron chi connectivity index (χ1n) is 6.54. The van der Waals surface area contributed by atoms with Gasteiger partial charge in [0.15, 0.2) is 0 Å². The summed E-state index contributed by atoms with van der Waals surface area (Å²) in [6.45, 7) is 11.0. The lowest BCUT2D eigenvalue weighted by molar-refractivity contribution is -0.147. The smallest absolute Gasteiger partial charge is 0.408 e. The van der Waals surface area contributed by atoms with Crippen LogP contribution >= 0.6 is 0 Å². The Morgan fingerprint density at radius 3 is 2.58 bits per heavy atom. The molecule has 0 spiro atoms. The summed E-state index contributed by atoms with van der Waals surface area (Å²) in [7, 11) is 0. The van der Waals surface area contributed by atoms with E-state index in [0.717, 1.165) is 0 Å². The first-order chi connectivity index (χ1) is 8.75. The van der Waals surface area contributed by atoms with Crippen LogP contribution in [0.3, 0.4) is 0 Å². The number of ether oxygens (including phenoxy) is 2. The standard InChI is InChI=1S/C14H23NO4/c1-6-8-10-9-14(10,11(16)18-7-2)15-12(17)19-13(3,4)5/h6,10H,1,7-9H2,2-5H3,(H,15,17)/t10-,14-/m0/s1. The van der Waals surface area contributed by atoms with E-state index in [1.807, 2.05) is 0 Å². The number of rotatable bonds is 5. The van der Waals surface area contributed by atoms with Gasteiger partial charge in [-0.1, -0.05) is 6.08 Å². The molecule has 0 unspecified atom stereocenters. The molecule has 5 heteroatoms. The average Bonchev–Trinajstić information content (AvgIpc) is 2.90. The number of esters is 1. The Bertz CT molecular complexity index is 372. The Hall–Kier alpha value is -1.52. The third kappa shape index (κ3) is 3.98. The maximum Gasteiger partial charge on any atom is 0.408 e. The van der Waals surface area contributed by atoms with Crippen LogP contribution in [0.5, 0.6) is 0 Å². The number of alkyl carbamates (subject to hydrolysis) is 1. The van der Waals surface area contributed by atoms with Crippen LogP contribution in [0.25, 0.3) is 0 Å². The Balaban J connectivity index is 2.70. The maximum atomic E-state index is 12.0. The zero-order valence-corrected chi connectivity index (χ0v) is 12.1. The average molecular weight is 269 g/mol. The van der Waals surface area contributed by atoms with Crippen molar-refractivity contribution < 1.29 is 19.1 Å². The molecule has 5 nitrogen and oxygen atoms in total. The molecule has 0 saturated heterocycles. The molecule has 0 aromatic rings. The van der Waals surface area contributed by atoms with Gasteiger partial charge in [0.05, 0.1) is 6.61 Å². The summed E-state index contributed by atoms with van der Waals surface area (Å²) in [6.07, 6.45) is 2.38. The minimum absolute atomic E-state index is 0.0385. The van der Waals surface area contributed by atoms with Crippen LogP contribution in [0, 0.1) is 5.92 Å². The van der Waals surface area contributed by atoms with E-state index in [9.17, 15) is 9.59 Å². The first kappa shape index (κ1) is 15.5. The van der Waals surface area contributed by atoms with Gasteiger partial charge < -0.3 is 14.8 Å². The van der Waals surface area contributed by atoms with Gasteiger partial charge in [-0.25, -0.2) is 9.59 Å². The number of allylic oxidation sites excluding steroid dienone is 1. The van der Waals surface area contributed by atoms with Crippen molar-refractivity contribution in [1.29, 1.82) is 0 Å². The molecule has 0 aromatic carbocycles. The van der Waals surface area contributed by atoms with Gasteiger partial charge in [-0.3, -0.25) is 0 Å². The summed E-state index contributed by atoms with van der Waals surface area (Å²) in [5, 5.41) is 2.66. The van der Waals surface area contributed by atoms with E-state index in [1.165, 1.54) is 0 Å². The normalized spacial score (nSPS) is 25.4. The molecular weight excluding hydrogens is 246 g/mol. The van der Waals surface area contributed by atoms with Crippen LogP contribution in [0.2, 0.25) is 0 Å². The summed E-state index contributed by atoms with van der Waals surface area (Å²) in [4.78, 5) is 23.8. The SMILES string of the molecule is C=CC[C@H]1C[C@@]1(NC(=O)OC(C)(C)C)C(=O)OCC. The van der Waals surface area contributed by atoms with Crippen molar-refractivity contribution >= 4 is 12.1 Å². The zero-order chi connectivity index (χ0) is 14.7. The highest BCUT2D eigenvalue weighted by atomic mass is 16.6. The topological polar surface area (TPSA) is 64.6 Å². The molecule has 1 amide bonds. The second kappa shape index (κ2) is 5.63. The van der Waals surface area contributed by atoms with Gasteiger partial charge in [0.25, 0.3) is 0 Å². The fourth-order valence-electron chi connectivity index (χ4n) is 2.02. The highest BCUT2D eigenvalue weighted by Crippen LogP contribution is 2.47. The van der Waals surface area contributed by atoms with E-state index in [-0.39, 0.29) is 12.5 Å². The van der Waals surface area contributed by atoms with Crippen LogP contribution < -0.4 is 5.32 Å². The summed E-state index contributed by atoms with van der Waals surface area (Å²) in [6, 6.07) is 0. The molecule has 1 rings (SSSR count). The third-order valence-electron chi connectivity index (χ3n) is 2.92. The van der Waals surface area contributed by atoms with Crippen molar-refractivity contribution in [2.24, 2.45) is 5.92 Å². The van der Waals surface area contributed by atoms with Crippen LogP contribution in [-0.2, 0) is 14.3 Å². The largest absolute Gasteiger partial charge is 0.464 e. The minimum atomic E-state index is -0.938. The molecule has 1 saturated carbocycles. The summed E-state index contributed by atoms with van der Waals surface area (Å²) in [5.74, 6) is -0.357. The lowest BCUT2D eigenvalue weighted by Gasteiger charge is -2.23. The predicted molar refractivity (Wildman–Crippen MR) is 71.7 cm³/mol. The van der Waals surface area contributed by atoms with Crippen molar-refractivity contribution in [2.75, 3.05) is 6.61 Å². The third-order valence-corrected chi connectivity index (χ3v) is 2.92. The lowest BCUT2D eigenvalue weighted by Crippen LogP contribution is -2.47. The number of carbonyl (C=O) groups is 2.